The third kappa shape index (κ3) is 4.76. The molecule has 0 heterocycles. The normalized spacial score (nSPS) is 14.4. The van der Waals surface area contributed by atoms with E-state index >= 15 is 0 Å². The maximum Gasteiger partial charge on any atom is 0.251 e. The van der Waals surface area contributed by atoms with Gasteiger partial charge < -0.3 is 14.8 Å². The largest absolute Gasteiger partial charge is 0.493 e. The van der Waals surface area contributed by atoms with Gasteiger partial charge in [-0.15, -0.1) is 0 Å². The molecule has 0 aliphatic heterocycles. The number of fused-ring (bicyclic) bond motifs is 1. The summed E-state index contributed by atoms with van der Waals surface area (Å²) >= 11 is 0. The lowest BCUT2D eigenvalue weighted by Crippen LogP contribution is -2.36. The molecule has 1 aliphatic carbocycles. The van der Waals surface area contributed by atoms with Crippen molar-refractivity contribution in [3.8, 4) is 11.5 Å². The Morgan fingerprint density at radius 2 is 1.73 bits per heavy atom. The van der Waals surface area contributed by atoms with Gasteiger partial charge in [0.05, 0.1) is 6.61 Å². The highest BCUT2D eigenvalue weighted by molar-refractivity contribution is 5.94. The Morgan fingerprint density at radius 1 is 0.933 bits per heavy atom. The highest BCUT2D eigenvalue weighted by atomic mass is 16.5. The third-order valence-electron chi connectivity index (χ3n) is 5.70. The van der Waals surface area contributed by atoms with Crippen molar-refractivity contribution >= 4 is 16.7 Å². The molecular weight excluding hydrogens is 374 g/mol. The summed E-state index contributed by atoms with van der Waals surface area (Å²) in [6.45, 7) is 2.86. The van der Waals surface area contributed by atoms with E-state index in [4.69, 9.17) is 9.47 Å². The average Bonchev–Trinajstić information content (AvgIpc) is 2.79. The van der Waals surface area contributed by atoms with Gasteiger partial charge in [-0.25, -0.2) is 0 Å². The van der Waals surface area contributed by atoms with E-state index in [1.165, 1.54) is 19.3 Å². The number of amides is 1. The van der Waals surface area contributed by atoms with Crippen LogP contribution in [0.5, 0.6) is 11.5 Å². The number of rotatable bonds is 7. The molecule has 0 spiro atoms. The van der Waals surface area contributed by atoms with Crippen molar-refractivity contribution in [2.45, 2.75) is 51.7 Å². The first-order valence-electron chi connectivity index (χ1n) is 10.9. The quantitative estimate of drug-likeness (QED) is 0.536. The zero-order valence-electron chi connectivity index (χ0n) is 17.5. The molecule has 3 aromatic rings. The number of carbonyl (C=O) groups is 1. The molecule has 4 rings (SSSR count). The van der Waals surface area contributed by atoms with E-state index in [0.29, 0.717) is 18.8 Å². The van der Waals surface area contributed by atoms with Crippen LogP contribution in [-0.2, 0) is 6.61 Å². The molecule has 4 nitrogen and oxygen atoms in total. The first-order valence-corrected chi connectivity index (χ1v) is 10.9. The van der Waals surface area contributed by atoms with Crippen LogP contribution in [0.1, 0.15) is 54.9 Å². The minimum atomic E-state index is -0.0173. The van der Waals surface area contributed by atoms with Crippen molar-refractivity contribution in [1.29, 1.82) is 0 Å². The second kappa shape index (κ2) is 9.66. The van der Waals surface area contributed by atoms with Gasteiger partial charge in [0.1, 0.15) is 18.1 Å². The van der Waals surface area contributed by atoms with Crippen molar-refractivity contribution in [2.75, 3.05) is 6.61 Å². The Morgan fingerprint density at radius 3 is 2.57 bits per heavy atom. The van der Waals surface area contributed by atoms with E-state index in [0.717, 1.165) is 40.7 Å². The van der Waals surface area contributed by atoms with Crippen molar-refractivity contribution in [3.63, 3.8) is 0 Å². The fraction of sp³-hybridized carbons (Fsp3) is 0.346. The number of ether oxygens (including phenoxy) is 2. The molecule has 4 heteroatoms. The molecule has 1 aliphatic rings. The summed E-state index contributed by atoms with van der Waals surface area (Å²) in [5.74, 6) is 1.57. The first kappa shape index (κ1) is 20.3. The van der Waals surface area contributed by atoms with Gasteiger partial charge in [-0.05, 0) is 49.4 Å². The topological polar surface area (TPSA) is 47.6 Å². The average molecular weight is 404 g/mol. The van der Waals surface area contributed by atoms with Gasteiger partial charge in [0, 0.05) is 22.6 Å². The van der Waals surface area contributed by atoms with E-state index in [9.17, 15) is 4.79 Å². The predicted molar refractivity (Wildman–Crippen MR) is 120 cm³/mol. The fourth-order valence-corrected chi connectivity index (χ4v) is 4.12. The van der Waals surface area contributed by atoms with Crippen LogP contribution in [0.25, 0.3) is 10.8 Å². The van der Waals surface area contributed by atoms with E-state index in [1.807, 2.05) is 49.4 Å². The highest BCUT2D eigenvalue weighted by Gasteiger charge is 2.18. The summed E-state index contributed by atoms with van der Waals surface area (Å²) in [6, 6.07) is 20.1. The molecule has 0 bridgehead atoms. The Kier molecular flexibility index (Phi) is 6.53. The molecule has 0 atom stereocenters. The molecule has 0 aromatic heterocycles. The molecule has 1 fully saturated rings. The molecule has 30 heavy (non-hydrogen) atoms. The molecule has 3 aromatic carbocycles. The Bertz CT molecular complexity index is 1000. The lowest BCUT2D eigenvalue weighted by Gasteiger charge is -2.23. The van der Waals surface area contributed by atoms with E-state index in [-0.39, 0.29) is 11.9 Å². The Balaban J connectivity index is 1.53. The Labute approximate surface area is 178 Å². The maximum absolute atomic E-state index is 12.8. The number of carbonyl (C=O) groups excluding carboxylic acids is 1. The van der Waals surface area contributed by atoms with Crippen LogP contribution in [-0.4, -0.2) is 18.6 Å². The number of hydrogen-bond acceptors (Lipinski definition) is 3. The van der Waals surface area contributed by atoms with Gasteiger partial charge in [0.2, 0.25) is 0 Å². The minimum Gasteiger partial charge on any atom is -0.493 e. The lowest BCUT2D eigenvalue weighted by molar-refractivity contribution is 0.0927. The van der Waals surface area contributed by atoms with Crippen LogP contribution in [0, 0.1) is 0 Å². The highest BCUT2D eigenvalue weighted by Crippen LogP contribution is 2.28. The van der Waals surface area contributed by atoms with Crippen LogP contribution in [0.3, 0.4) is 0 Å². The fourth-order valence-electron chi connectivity index (χ4n) is 4.12. The molecule has 0 saturated heterocycles. The predicted octanol–water partition coefficient (Wildman–Crippen LogP) is 5.88. The monoisotopic (exact) mass is 403 g/mol. The zero-order chi connectivity index (χ0) is 20.8. The summed E-state index contributed by atoms with van der Waals surface area (Å²) in [5.41, 5.74) is 1.53. The number of hydrogen-bond donors (Lipinski definition) is 1. The summed E-state index contributed by atoms with van der Waals surface area (Å²) < 4.78 is 12.0. The van der Waals surface area contributed by atoms with Gasteiger partial charge in [0.15, 0.2) is 0 Å². The minimum absolute atomic E-state index is 0.0173. The SMILES string of the molecule is CCOc1ccc(C(=O)NC2CCCCC2)cc1COc1cccc2ccccc12. The third-order valence-corrected chi connectivity index (χ3v) is 5.70. The molecule has 1 N–H and O–H groups in total. The molecule has 0 unspecified atom stereocenters. The van der Waals surface area contributed by atoms with Crippen LogP contribution < -0.4 is 14.8 Å². The van der Waals surface area contributed by atoms with Crippen LogP contribution in [0.2, 0.25) is 0 Å². The molecule has 1 saturated carbocycles. The number of benzene rings is 3. The van der Waals surface area contributed by atoms with E-state index in [1.54, 1.807) is 0 Å². The molecule has 0 radical (unpaired) electrons. The number of nitrogens with one attached hydrogen (secondary N) is 1. The van der Waals surface area contributed by atoms with Crippen molar-refractivity contribution < 1.29 is 14.3 Å². The molecule has 156 valence electrons. The van der Waals surface area contributed by atoms with Crippen molar-refractivity contribution in [1.82, 2.24) is 5.32 Å². The summed E-state index contributed by atoms with van der Waals surface area (Å²) in [5, 5.41) is 5.40. The van der Waals surface area contributed by atoms with Crippen LogP contribution in [0.15, 0.2) is 60.7 Å². The van der Waals surface area contributed by atoms with Crippen molar-refractivity contribution in [3.05, 3.63) is 71.8 Å². The second-order valence-corrected chi connectivity index (χ2v) is 7.83. The molecule has 1 amide bonds. The van der Waals surface area contributed by atoms with Crippen LogP contribution in [0.4, 0.5) is 0 Å². The van der Waals surface area contributed by atoms with Gasteiger partial charge >= 0.3 is 0 Å². The van der Waals surface area contributed by atoms with Gasteiger partial charge in [-0.1, -0.05) is 55.7 Å². The second-order valence-electron chi connectivity index (χ2n) is 7.83. The summed E-state index contributed by atoms with van der Waals surface area (Å²) in [7, 11) is 0. The smallest absolute Gasteiger partial charge is 0.251 e. The summed E-state index contributed by atoms with van der Waals surface area (Å²) in [4.78, 5) is 12.8. The van der Waals surface area contributed by atoms with Gasteiger partial charge in [-0.3, -0.25) is 4.79 Å². The van der Waals surface area contributed by atoms with E-state index in [2.05, 4.69) is 23.5 Å². The lowest BCUT2D eigenvalue weighted by atomic mass is 9.95. The van der Waals surface area contributed by atoms with Gasteiger partial charge in [-0.2, -0.15) is 0 Å². The van der Waals surface area contributed by atoms with E-state index < -0.39 is 0 Å². The van der Waals surface area contributed by atoms with Crippen molar-refractivity contribution in [2.24, 2.45) is 0 Å². The zero-order valence-corrected chi connectivity index (χ0v) is 17.5. The molecular formula is C26H29NO3. The first-order chi connectivity index (χ1) is 14.7. The Hall–Kier alpha value is -3.01. The summed E-state index contributed by atoms with van der Waals surface area (Å²) in [6.07, 6.45) is 5.79. The standard InChI is InChI=1S/C26H29NO3/c1-2-29-24-16-15-20(26(28)27-22-11-4-3-5-12-22)17-21(24)18-30-25-14-8-10-19-9-6-7-13-23(19)25/h6-10,13-17,22H,2-5,11-12,18H2,1H3,(H,27,28). The van der Waals surface area contributed by atoms with Crippen LogP contribution >= 0.6 is 0 Å². The maximum atomic E-state index is 12.8. The van der Waals surface area contributed by atoms with Gasteiger partial charge in [0.25, 0.3) is 5.91 Å².